The molecule has 0 aromatic heterocycles. The molecule has 1 rings (SSSR count). The van der Waals surface area contributed by atoms with Gasteiger partial charge >= 0.3 is 6.09 Å². The molecule has 1 amide bonds. The van der Waals surface area contributed by atoms with E-state index >= 15 is 0 Å². The molecule has 0 saturated carbocycles. The Kier molecular flexibility index (Phi) is 5.60. The fourth-order valence-corrected chi connectivity index (χ4v) is 1.80. The molecule has 21 heavy (non-hydrogen) atoms. The Hall–Kier alpha value is -2.22. The molecule has 0 spiro atoms. The fourth-order valence-electron chi connectivity index (χ4n) is 1.80. The van der Waals surface area contributed by atoms with Gasteiger partial charge in [0, 0.05) is 5.92 Å². The highest BCUT2D eigenvalue weighted by Gasteiger charge is 2.24. The summed E-state index contributed by atoms with van der Waals surface area (Å²) < 4.78 is 10.3. The third kappa shape index (κ3) is 5.35. The minimum Gasteiger partial charge on any atom is -0.497 e. The normalized spacial score (nSPS) is 13.7. The molecule has 5 nitrogen and oxygen atoms in total. The molecule has 0 fully saturated rings. The summed E-state index contributed by atoms with van der Waals surface area (Å²) in [6.45, 7) is 7.22. The first-order valence-electron chi connectivity index (χ1n) is 6.80. The number of carbonyl (C=O) groups excluding carboxylic acids is 1. The van der Waals surface area contributed by atoms with Gasteiger partial charge in [0.25, 0.3) is 0 Å². The molecule has 1 N–H and O–H groups in total. The number of carbonyl (C=O) groups is 1. The molecule has 0 aliphatic carbocycles. The molecule has 2 atom stereocenters. The Morgan fingerprint density at radius 2 is 1.86 bits per heavy atom. The fraction of sp³-hybridized carbons (Fsp3) is 0.500. The minimum absolute atomic E-state index is 0.159. The van der Waals surface area contributed by atoms with E-state index in [2.05, 4.69) is 11.4 Å². The molecule has 0 unspecified atom stereocenters. The SMILES string of the molecule is COc1ccc([C@@H](C)[C@@H](C#N)NC(=O)OC(C)(C)C)cc1. The zero-order chi connectivity index (χ0) is 16.0. The lowest BCUT2D eigenvalue weighted by atomic mass is 9.94. The van der Waals surface area contributed by atoms with Crippen molar-refractivity contribution in [2.45, 2.75) is 45.3 Å². The third-order valence-electron chi connectivity index (χ3n) is 2.95. The number of nitrogens with one attached hydrogen (secondary N) is 1. The van der Waals surface area contributed by atoms with Gasteiger partial charge in [-0.05, 0) is 38.5 Å². The van der Waals surface area contributed by atoms with Crippen LogP contribution in [0.3, 0.4) is 0 Å². The molecule has 0 saturated heterocycles. The first-order valence-corrected chi connectivity index (χ1v) is 6.80. The lowest BCUT2D eigenvalue weighted by Gasteiger charge is -2.23. The van der Waals surface area contributed by atoms with E-state index in [1.165, 1.54) is 0 Å². The van der Waals surface area contributed by atoms with Gasteiger partial charge in [-0.15, -0.1) is 0 Å². The number of benzene rings is 1. The van der Waals surface area contributed by atoms with Crippen molar-refractivity contribution in [3.8, 4) is 11.8 Å². The van der Waals surface area contributed by atoms with Gasteiger partial charge in [0.1, 0.15) is 17.4 Å². The number of rotatable bonds is 4. The number of ether oxygens (including phenoxy) is 2. The predicted molar refractivity (Wildman–Crippen MR) is 80.2 cm³/mol. The second-order valence-corrected chi connectivity index (χ2v) is 5.81. The number of hydrogen-bond acceptors (Lipinski definition) is 4. The van der Waals surface area contributed by atoms with Crippen LogP contribution in [0.2, 0.25) is 0 Å². The van der Waals surface area contributed by atoms with E-state index in [4.69, 9.17) is 9.47 Å². The zero-order valence-corrected chi connectivity index (χ0v) is 13.1. The van der Waals surface area contributed by atoms with Crippen LogP contribution in [0.25, 0.3) is 0 Å². The van der Waals surface area contributed by atoms with E-state index in [-0.39, 0.29) is 5.92 Å². The van der Waals surface area contributed by atoms with E-state index in [1.807, 2.05) is 31.2 Å². The van der Waals surface area contributed by atoms with E-state index in [0.29, 0.717) is 0 Å². The van der Waals surface area contributed by atoms with E-state index in [0.717, 1.165) is 11.3 Å². The molecular weight excluding hydrogens is 268 g/mol. The molecular formula is C16H22N2O3. The Morgan fingerprint density at radius 3 is 2.29 bits per heavy atom. The molecule has 0 radical (unpaired) electrons. The topological polar surface area (TPSA) is 71.3 Å². The number of amides is 1. The van der Waals surface area contributed by atoms with Crippen molar-refractivity contribution < 1.29 is 14.3 Å². The van der Waals surface area contributed by atoms with Gasteiger partial charge in [-0.25, -0.2) is 4.79 Å². The van der Waals surface area contributed by atoms with Gasteiger partial charge < -0.3 is 14.8 Å². The monoisotopic (exact) mass is 290 g/mol. The Labute approximate surface area is 125 Å². The van der Waals surface area contributed by atoms with E-state index < -0.39 is 17.7 Å². The quantitative estimate of drug-likeness (QED) is 0.924. The predicted octanol–water partition coefficient (Wildman–Crippen LogP) is 3.22. The smallest absolute Gasteiger partial charge is 0.408 e. The van der Waals surface area contributed by atoms with Crippen LogP contribution in [0.15, 0.2) is 24.3 Å². The number of alkyl carbamates (subject to hydrolysis) is 1. The van der Waals surface area contributed by atoms with E-state index in [1.54, 1.807) is 27.9 Å². The molecule has 1 aromatic rings. The maximum absolute atomic E-state index is 11.8. The van der Waals surface area contributed by atoms with Crippen LogP contribution in [-0.4, -0.2) is 24.8 Å². The summed E-state index contributed by atoms with van der Waals surface area (Å²) in [6.07, 6.45) is -0.589. The molecule has 0 aliphatic rings. The van der Waals surface area contributed by atoms with Crippen LogP contribution in [-0.2, 0) is 4.74 Å². The van der Waals surface area contributed by atoms with Gasteiger partial charge in [0.05, 0.1) is 13.2 Å². The highest BCUT2D eigenvalue weighted by molar-refractivity contribution is 5.68. The van der Waals surface area contributed by atoms with Gasteiger partial charge in [0.15, 0.2) is 0 Å². The second-order valence-electron chi connectivity index (χ2n) is 5.81. The summed E-state index contributed by atoms with van der Waals surface area (Å²) in [6, 6.07) is 8.86. The van der Waals surface area contributed by atoms with Crippen LogP contribution in [0.5, 0.6) is 5.75 Å². The molecule has 5 heteroatoms. The molecule has 114 valence electrons. The summed E-state index contributed by atoms with van der Waals surface area (Å²) in [5, 5.41) is 11.9. The average molecular weight is 290 g/mol. The van der Waals surface area contributed by atoms with Crippen molar-refractivity contribution in [3.05, 3.63) is 29.8 Å². The van der Waals surface area contributed by atoms with Gasteiger partial charge in [-0.3, -0.25) is 0 Å². The van der Waals surface area contributed by atoms with Crippen molar-refractivity contribution in [2.75, 3.05) is 7.11 Å². The van der Waals surface area contributed by atoms with E-state index in [9.17, 15) is 10.1 Å². The number of nitriles is 1. The van der Waals surface area contributed by atoms with Gasteiger partial charge in [-0.2, -0.15) is 5.26 Å². The zero-order valence-electron chi connectivity index (χ0n) is 13.1. The first-order chi connectivity index (χ1) is 9.76. The van der Waals surface area contributed by atoms with Crippen LogP contribution < -0.4 is 10.1 Å². The second kappa shape index (κ2) is 6.98. The van der Waals surface area contributed by atoms with Gasteiger partial charge in [0.2, 0.25) is 0 Å². The standard InChI is InChI=1S/C16H22N2O3/c1-11(12-6-8-13(20-5)9-7-12)14(10-17)18-15(19)21-16(2,3)4/h6-9,11,14H,1-5H3,(H,18,19)/t11-,14-/m1/s1. The number of methoxy groups -OCH3 is 1. The summed E-state index contributed by atoms with van der Waals surface area (Å²) in [7, 11) is 1.60. The first kappa shape index (κ1) is 16.8. The van der Waals surface area contributed by atoms with Crippen molar-refractivity contribution in [1.29, 1.82) is 5.26 Å². The average Bonchev–Trinajstić information content (AvgIpc) is 2.42. The van der Waals surface area contributed by atoms with Crippen LogP contribution in [0, 0.1) is 11.3 Å². The van der Waals surface area contributed by atoms with Crippen molar-refractivity contribution in [1.82, 2.24) is 5.32 Å². The summed E-state index contributed by atoms with van der Waals surface area (Å²) in [5.74, 6) is 0.591. The van der Waals surface area contributed by atoms with Crippen LogP contribution in [0.1, 0.15) is 39.2 Å². The lowest BCUT2D eigenvalue weighted by molar-refractivity contribution is 0.0511. The minimum atomic E-state index is -0.659. The van der Waals surface area contributed by atoms with Crippen LogP contribution in [0.4, 0.5) is 4.79 Å². The Morgan fingerprint density at radius 1 is 1.29 bits per heavy atom. The summed E-state index contributed by atoms with van der Waals surface area (Å²) in [5.41, 5.74) is 0.353. The van der Waals surface area contributed by atoms with Crippen molar-refractivity contribution in [2.24, 2.45) is 0 Å². The van der Waals surface area contributed by atoms with Crippen molar-refractivity contribution in [3.63, 3.8) is 0 Å². The number of nitrogens with zero attached hydrogens (tertiary/aromatic N) is 1. The Bertz CT molecular complexity index is 512. The largest absolute Gasteiger partial charge is 0.497 e. The lowest BCUT2D eigenvalue weighted by Crippen LogP contribution is -2.40. The highest BCUT2D eigenvalue weighted by Crippen LogP contribution is 2.22. The van der Waals surface area contributed by atoms with Gasteiger partial charge in [-0.1, -0.05) is 19.1 Å². The maximum atomic E-state index is 11.8. The van der Waals surface area contributed by atoms with Crippen LogP contribution >= 0.6 is 0 Å². The molecule has 0 heterocycles. The maximum Gasteiger partial charge on any atom is 0.408 e. The highest BCUT2D eigenvalue weighted by atomic mass is 16.6. The Balaban J connectivity index is 2.75. The summed E-state index contributed by atoms with van der Waals surface area (Å²) in [4.78, 5) is 11.8. The molecule has 0 bridgehead atoms. The molecule has 1 aromatic carbocycles. The summed E-state index contributed by atoms with van der Waals surface area (Å²) >= 11 is 0. The number of hydrogen-bond donors (Lipinski definition) is 1. The molecule has 0 aliphatic heterocycles. The third-order valence-corrected chi connectivity index (χ3v) is 2.95. The van der Waals surface area contributed by atoms with Crippen molar-refractivity contribution >= 4 is 6.09 Å².